The van der Waals surface area contributed by atoms with Gasteiger partial charge in [0, 0.05) is 49.3 Å². The van der Waals surface area contributed by atoms with Crippen LogP contribution in [0.2, 0.25) is 5.02 Å². The van der Waals surface area contributed by atoms with Crippen LogP contribution < -0.4 is 10.4 Å². The maximum atomic E-state index is 7.71. The van der Waals surface area contributed by atoms with Gasteiger partial charge < -0.3 is 20.2 Å². The van der Waals surface area contributed by atoms with Gasteiger partial charge in [0.1, 0.15) is 5.52 Å². The maximum Gasteiger partial charge on any atom is 0.230 e. The number of nitrogens with zero attached hydrogens (tertiary/aromatic N) is 5. The van der Waals surface area contributed by atoms with Crippen molar-refractivity contribution in [3.8, 4) is 17.1 Å². The molecule has 3 N–H and O–H groups in total. The molecule has 0 radical (unpaired) electrons. The first-order chi connectivity index (χ1) is 16.1. The zero-order valence-corrected chi connectivity index (χ0v) is 21.1. The molecule has 1 unspecified atom stereocenters. The summed E-state index contributed by atoms with van der Waals surface area (Å²) in [6.07, 6.45) is 7.16. The first-order valence-electron chi connectivity index (χ1n) is 9.73. The molecule has 166 valence electrons. The van der Waals surface area contributed by atoms with E-state index in [-0.39, 0.29) is 0 Å². The molecule has 5 rings (SSSR count). The summed E-state index contributed by atoms with van der Waals surface area (Å²) in [4.78, 5) is 4.59. The van der Waals surface area contributed by atoms with Gasteiger partial charge in [0.05, 0.1) is 28.2 Å². The third kappa shape index (κ3) is 4.33. The molecule has 3 heterocycles. The molecule has 2 aromatic carbocycles. The van der Waals surface area contributed by atoms with Crippen molar-refractivity contribution in [2.45, 2.75) is 0 Å². The van der Waals surface area contributed by atoms with Crippen LogP contribution in [0, 0.1) is 5.41 Å². The van der Waals surface area contributed by atoms with E-state index in [9.17, 15) is 0 Å². The molecule has 0 aliphatic heterocycles. The molecule has 0 aliphatic rings. The molecule has 0 saturated heterocycles. The molecule has 0 amide bonds. The van der Waals surface area contributed by atoms with Gasteiger partial charge in [-0.3, -0.25) is 4.68 Å². The minimum atomic E-state index is 0.464. The van der Waals surface area contributed by atoms with Crippen LogP contribution in [0.3, 0.4) is 0 Å². The molecule has 12 heteroatoms. The van der Waals surface area contributed by atoms with Crippen LogP contribution in [0.25, 0.3) is 28.2 Å². The summed E-state index contributed by atoms with van der Waals surface area (Å²) in [5.41, 5.74) is 5.22. The predicted molar refractivity (Wildman–Crippen MR) is 142 cm³/mol. The summed E-state index contributed by atoms with van der Waals surface area (Å²) in [5.74, 6) is 1.15. The van der Waals surface area contributed by atoms with E-state index in [1.165, 1.54) is 6.21 Å². The second-order valence-electron chi connectivity index (χ2n) is 7.10. The summed E-state index contributed by atoms with van der Waals surface area (Å²) < 4.78 is 9.32. The third-order valence-corrected chi connectivity index (χ3v) is 6.53. The Morgan fingerprint density at radius 2 is 2.06 bits per heavy atom. The van der Waals surface area contributed by atoms with Crippen molar-refractivity contribution < 1.29 is 4.42 Å². The van der Waals surface area contributed by atoms with Crippen molar-refractivity contribution in [2.24, 2.45) is 7.05 Å². The Morgan fingerprint density at radius 1 is 1.21 bits per heavy atom. The number of fused-ring (bicyclic) bond motifs is 1. The Bertz CT molecular complexity index is 1480. The molecule has 0 fully saturated rings. The van der Waals surface area contributed by atoms with E-state index in [4.69, 9.17) is 21.4 Å². The molecule has 33 heavy (non-hydrogen) atoms. The minimum Gasteiger partial charge on any atom is -0.436 e. The van der Waals surface area contributed by atoms with E-state index in [1.54, 1.807) is 15.6 Å². The summed E-state index contributed by atoms with van der Waals surface area (Å²) in [5, 5.41) is 23.4. The summed E-state index contributed by atoms with van der Waals surface area (Å²) in [7, 11) is 1.85. The van der Waals surface area contributed by atoms with E-state index in [0.29, 0.717) is 39.9 Å². The molecule has 9 nitrogen and oxygen atoms in total. The van der Waals surface area contributed by atoms with Gasteiger partial charge in [0.25, 0.3) is 0 Å². The topological polar surface area (TPSA) is 110 Å². The van der Waals surface area contributed by atoms with Gasteiger partial charge in [0.2, 0.25) is 5.89 Å². The van der Waals surface area contributed by atoms with Crippen molar-refractivity contribution in [1.82, 2.24) is 24.5 Å². The summed E-state index contributed by atoms with van der Waals surface area (Å²) >= 11 is 8.77. The molecule has 3 aromatic heterocycles. The van der Waals surface area contributed by atoms with E-state index < -0.39 is 0 Å². The van der Waals surface area contributed by atoms with Crippen LogP contribution in [-0.2, 0) is 7.05 Å². The van der Waals surface area contributed by atoms with Crippen LogP contribution in [0.15, 0.2) is 59.4 Å². The number of aryl methyl sites for hydroxylation is 1. The second kappa shape index (κ2) is 9.12. The second-order valence-corrected chi connectivity index (χ2v) is 9.53. The highest BCUT2D eigenvalue weighted by Gasteiger charge is 2.13. The Hall–Kier alpha value is -2.95. The number of nitrogens with one attached hydrogen (secondary N) is 3. The van der Waals surface area contributed by atoms with Crippen molar-refractivity contribution in [1.29, 1.82) is 5.41 Å². The Labute approximate surface area is 208 Å². The zero-order chi connectivity index (χ0) is 22.9. The standard InChI is InChI=1S/C21H17ClIN8OP/c1-30-11-12(10-25-30)21-27-17-8-13(2-5-18(17)32-21)31-7-6-19(28-31)26-16-4-3-15(29-33-23)14(9-24)20(16)22/h2-11,24,29,33H,1H3,(H,26,28). The van der Waals surface area contributed by atoms with E-state index >= 15 is 0 Å². The number of benzene rings is 2. The number of hydrogen-bond donors (Lipinski definition) is 3. The highest BCUT2D eigenvalue weighted by atomic mass is 127. The van der Waals surface area contributed by atoms with Crippen molar-refractivity contribution >= 4 is 74.5 Å². The SMILES string of the molecule is Cn1cc(-c2nc3cc(-n4ccc(Nc5ccc(NPI)c(C=N)c5Cl)n4)ccc3o2)cn1. The molecule has 5 aromatic rings. The molecular formula is C21H17ClIN8OP. The predicted octanol–water partition coefficient (Wildman–Crippen LogP) is 6.16. The average molecular weight is 591 g/mol. The van der Waals surface area contributed by atoms with Crippen LogP contribution in [0.4, 0.5) is 17.2 Å². The van der Waals surface area contributed by atoms with Gasteiger partial charge in [-0.15, -0.1) is 0 Å². The number of aromatic nitrogens is 5. The molecule has 0 bridgehead atoms. The minimum absolute atomic E-state index is 0.464. The fourth-order valence-corrected chi connectivity index (χ4v) is 4.83. The van der Waals surface area contributed by atoms with Crippen molar-refractivity contribution in [2.75, 3.05) is 10.4 Å². The van der Waals surface area contributed by atoms with Crippen LogP contribution in [-0.4, -0.2) is 30.8 Å². The van der Waals surface area contributed by atoms with Gasteiger partial charge in [-0.25, -0.2) is 9.67 Å². The van der Waals surface area contributed by atoms with Crippen LogP contribution >= 0.6 is 40.0 Å². The Morgan fingerprint density at radius 3 is 2.82 bits per heavy atom. The van der Waals surface area contributed by atoms with Gasteiger partial charge in [0.15, 0.2) is 11.4 Å². The quantitative estimate of drug-likeness (QED) is 0.119. The molecule has 0 aliphatic carbocycles. The number of oxazole rings is 1. The molecular weight excluding hydrogens is 574 g/mol. The molecule has 0 spiro atoms. The molecule has 1 atom stereocenters. The van der Waals surface area contributed by atoms with Gasteiger partial charge in [-0.1, -0.05) is 11.6 Å². The molecule has 0 saturated carbocycles. The van der Waals surface area contributed by atoms with E-state index in [0.717, 1.165) is 22.5 Å². The third-order valence-electron chi connectivity index (χ3n) is 4.95. The van der Waals surface area contributed by atoms with Gasteiger partial charge in [-0.05, 0) is 52.4 Å². The maximum absolute atomic E-state index is 7.71. The van der Waals surface area contributed by atoms with Gasteiger partial charge >= 0.3 is 0 Å². The lowest BCUT2D eigenvalue weighted by molar-refractivity contribution is 0.619. The highest BCUT2D eigenvalue weighted by molar-refractivity contribution is 14.2. The first kappa shape index (κ1) is 21.9. The lowest BCUT2D eigenvalue weighted by atomic mass is 10.1. The number of rotatable bonds is 7. The van der Waals surface area contributed by atoms with Crippen molar-refractivity contribution in [3.05, 3.63) is 65.6 Å². The fourth-order valence-electron chi connectivity index (χ4n) is 3.38. The normalized spacial score (nSPS) is 11.5. The van der Waals surface area contributed by atoms with E-state index in [2.05, 4.69) is 47.6 Å². The lowest BCUT2D eigenvalue weighted by Crippen LogP contribution is -1.99. The number of halogens is 2. The summed E-state index contributed by atoms with van der Waals surface area (Å²) in [6.45, 7) is 0. The zero-order valence-electron chi connectivity index (χ0n) is 17.2. The van der Waals surface area contributed by atoms with Crippen LogP contribution in [0.5, 0.6) is 0 Å². The number of hydrogen-bond acceptors (Lipinski definition) is 7. The van der Waals surface area contributed by atoms with E-state index in [1.807, 2.05) is 55.8 Å². The Kier molecular flexibility index (Phi) is 6.05. The largest absolute Gasteiger partial charge is 0.436 e. The lowest BCUT2D eigenvalue weighted by Gasteiger charge is -2.12. The first-order valence-corrected chi connectivity index (χ1v) is 14.2. The monoisotopic (exact) mass is 590 g/mol. The Balaban J connectivity index is 1.41. The van der Waals surface area contributed by atoms with Gasteiger partial charge in [-0.2, -0.15) is 10.2 Å². The number of anilines is 3. The summed E-state index contributed by atoms with van der Waals surface area (Å²) in [6, 6.07) is 11.3. The highest BCUT2D eigenvalue weighted by Crippen LogP contribution is 2.35. The average Bonchev–Trinajstić information content (AvgIpc) is 3.55. The fraction of sp³-hybridized carbons (Fsp3) is 0.0476. The smallest absolute Gasteiger partial charge is 0.230 e. The van der Waals surface area contributed by atoms with Crippen molar-refractivity contribution in [3.63, 3.8) is 0 Å². The van der Waals surface area contributed by atoms with Crippen LogP contribution in [0.1, 0.15) is 5.56 Å².